The highest BCUT2D eigenvalue weighted by atomic mass is 32.2. The Labute approximate surface area is 241 Å². The minimum absolute atomic E-state index is 0.112. The smallest absolute Gasteiger partial charge is 0.393 e. The molecule has 3 N–H and O–H groups in total. The Morgan fingerprint density at radius 1 is 1.20 bits per heavy atom. The van der Waals surface area contributed by atoms with Gasteiger partial charge in [-0.15, -0.1) is 11.3 Å². The van der Waals surface area contributed by atoms with Crippen LogP contribution in [0, 0.1) is 16.6 Å². The largest absolute Gasteiger partial charge is 0.495 e. The summed E-state index contributed by atoms with van der Waals surface area (Å²) >= 11 is 1.17. The molecule has 6 nitrogen and oxygen atoms in total. The maximum atomic E-state index is 14.7. The highest BCUT2D eigenvalue weighted by molar-refractivity contribution is 7.93. The zero-order valence-electron chi connectivity index (χ0n) is 22.7. The molecule has 3 aromatic rings. The van der Waals surface area contributed by atoms with Crippen molar-refractivity contribution in [3.63, 3.8) is 0 Å². The molecule has 3 atom stereocenters. The molecule has 0 amide bonds. The predicted octanol–water partition coefficient (Wildman–Crippen LogP) is 6.50. The summed E-state index contributed by atoms with van der Waals surface area (Å²) in [6, 6.07) is 9.61. The zero-order chi connectivity index (χ0) is 29.4. The molecular formula is C29H32F4N4O2S2. The molecule has 0 bridgehead atoms. The normalized spacial score (nSPS) is 21.1. The summed E-state index contributed by atoms with van der Waals surface area (Å²) in [6.45, 7) is 1.16. The van der Waals surface area contributed by atoms with Gasteiger partial charge in [0.25, 0.3) is 0 Å². The molecule has 220 valence electrons. The number of hydrogen-bond donors (Lipinski definition) is 3. The second-order valence-corrected chi connectivity index (χ2v) is 13.9. The minimum atomic E-state index is -4.42. The summed E-state index contributed by atoms with van der Waals surface area (Å²) in [5.74, 6) is 6.26. The molecular weight excluding hydrogens is 576 g/mol. The number of ether oxygens (including phenoxy) is 1. The molecule has 2 heterocycles. The summed E-state index contributed by atoms with van der Waals surface area (Å²) < 4.78 is 82.5. The van der Waals surface area contributed by atoms with E-state index in [0.717, 1.165) is 19.4 Å². The highest BCUT2D eigenvalue weighted by Gasteiger charge is 2.34. The zero-order valence-corrected chi connectivity index (χ0v) is 24.4. The molecule has 1 saturated heterocycles. The van der Waals surface area contributed by atoms with Crippen LogP contribution in [0.4, 0.5) is 28.9 Å². The number of benzene rings is 2. The van der Waals surface area contributed by atoms with E-state index < -0.39 is 34.5 Å². The molecule has 2 aromatic carbocycles. The van der Waals surface area contributed by atoms with Crippen LogP contribution in [0.3, 0.4) is 0 Å². The molecule has 1 aliphatic carbocycles. The highest BCUT2D eigenvalue weighted by Crippen LogP contribution is 2.40. The Balaban J connectivity index is 1.38. The molecule has 0 radical (unpaired) electrons. The van der Waals surface area contributed by atoms with Crippen molar-refractivity contribution in [1.29, 1.82) is 4.78 Å². The molecule has 41 heavy (non-hydrogen) atoms. The number of anilines is 2. The van der Waals surface area contributed by atoms with Crippen LogP contribution in [0.1, 0.15) is 29.7 Å². The van der Waals surface area contributed by atoms with Crippen LogP contribution < -0.4 is 15.4 Å². The predicted molar refractivity (Wildman–Crippen MR) is 157 cm³/mol. The lowest BCUT2D eigenvalue weighted by Gasteiger charge is -2.33. The van der Waals surface area contributed by atoms with Crippen LogP contribution in [-0.4, -0.2) is 66.5 Å². The summed E-state index contributed by atoms with van der Waals surface area (Å²) in [7, 11) is 0.455. The summed E-state index contributed by atoms with van der Waals surface area (Å²) in [6.07, 6.45) is -4.47. The first kappa shape index (κ1) is 29.5. The fraction of sp³-hybridized carbons (Fsp3) is 0.448. The number of rotatable bonds is 8. The third-order valence-corrected chi connectivity index (χ3v) is 10.9. The van der Waals surface area contributed by atoms with E-state index >= 15 is 0 Å². The molecule has 0 spiro atoms. The number of likely N-dealkylation sites (tertiary alicyclic amines) is 1. The van der Waals surface area contributed by atoms with E-state index in [4.69, 9.17) is 9.52 Å². The number of piperidine rings is 1. The van der Waals surface area contributed by atoms with Crippen molar-refractivity contribution >= 4 is 42.5 Å². The minimum Gasteiger partial charge on any atom is -0.495 e. The van der Waals surface area contributed by atoms with Gasteiger partial charge >= 0.3 is 6.18 Å². The molecule has 2 aliphatic rings. The number of fused-ring (bicyclic) bond motifs is 1. The maximum Gasteiger partial charge on any atom is 0.393 e. The number of nitrogens with one attached hydrogen (secondary N) is 3. The SMILES string of the molecule is COc1cc(S(=N)(=O)C2CC2)ccc1NCC#Cc1sc2c(NC3CCN(C)C[C@H]3F)cccc2c1CC(F)(F)F. The van der Waals surface area contributed by atoms with E-state index in [1.54, 1.807) is 36.4 Å². The first-order valence-electron chi connectivity index (χ1n) is 13.3. The van der Waals surface area contributed by atoms with Gasteiger partial charge in [-0.1, -0.05) is 24.0 Å². The van der Waals surface area contributed by atoms with Crippen molar-refractivity contribution in [2.45, 2.75) is 54.2 Å². The van der Waals surface area contributed by atoms with Gasteiger partial charge in [0, 0.05) is 18.3 Å². The molecule has 1 aliphatic heterocycles. The first-order valence-corrected chi connectivity index (χ1v) is 15.8. The lowest BCUT2D eigenvalue weighted by atomic mass is 10.0. The molecule has 5 rings (SSSR count). The quantitative estimate of drug-likeness (QED) is 0.201. The summed E-state index contributed by atoms with van der Waals surface area (Å²) in [4.78, 5) is 2.65. The average molecular weight is 609 g/mol. The Morgan fingerprint density at radius 3 is 2.66 bits per heavy atom. The summed E-state index contributed by atoms with van der Waals surface area (Å²) in [5, 5.41) is 6.69. The molecule has 2 fully saturated rings. The van der Waals surface area contributed by atoms with Crippen molar-refractivity contribution in [2.75, 3.05) is 44.4 Å². The van der Waals surface area contributed by atoms with E-state index in [-0.39, 0.29) is 17.4 Å². The molecule has 2 unspecified atom stereocenters. The number of hydrogen-bond acceptors (Lipinski definition) is 7. The molecule has 1 saturated carbocycles. The van der Waals surface area contributed by atoms with E-state index in [0.29, 0.717) is 49.9 Å². The van der Waals surface area contributed by atoms with Crippen LogP contribution in [0.25, 0.3) is 10.1 Å². The lowest BCUT2D eigenvalue weighted by Crippen LogP contribution is -2.46. The van der Waals surface area contributed by atoms with Gasteiger partial charge in [0.15, 0.2) is 0 Å². The number of thiophene rings is 1. The van der Waals surface area contributed by atoms with E-state index in [1.807, 2.05) is 11.9 Å². The maximum absolute atomic E-state index is 14.7. The standard InChI is InChI=1S/C29H32F4N4O2S2/c1-37-14-12-23(22(30)17-37)36-25-6-3-5-20-21(16-29(31,32)33)27(40-28(20)25)7-4-13-35-24-11-10-19(15-26(24)39-2)41(34,38)18-8-9-18/h3,5-6,10-11,15,18,22-23,34-36H,8-9,12-14,16-17H2,1-2H3/t22-,23?,41?/m1/s1. The number of methoxy groups -OCH3 is 1. The topological polar surface area (TPSA) is 77.4 Å². The van der Waals surface area contributed by atoms with Gasteiger partial charge < -0.3 is 20.3 Å². The van der Waals surface area contributed by atoms with E-state index in [2.05, 4.69) is 22.5 Å². The van der Waals surface area contributed by atoms with Gasteiger partial charge in [0.05, 0.1) is 61.7 Å². The van der Waals surface area contributed by atoms with Crippen LogP contribution in [-0.2, 0) is 16.1 Å². The number of alkyl halides is 4. The third kappa shape index (κ3) is 6.74. The third-order valence-electron chi connectivity index (χ3n) is 7.37. The van der Waals surface area contributed by atoms with Crippen molar-refractivity contribution in [2.24, 2.45) is 0 Å². The van der Waals surface area contributed by atoms with Crippen molar-refractivity contribution in [3.05, 3.63) is 46.8 Å². The fourth-order valence-corrected chi connectivity index (χ4v) is 7.95. The fourth-order valence-electron chi connectivity index (χ4n) is 5.04. The van der Waals surface area contributed by atoms with Crippen LogP contribution >= 0.6 is 11.3 Å². The number of nitrogens with zero attached hydrogens (tertiary/aromatic N) is 1. The second-order valence-electron chi connectivity index (χ2n) is 10.5. The van der Waals surface area contributed by atoms with E-state index in [9.17, 15) is 21.8 Å². The monoisotopic (exact) mass is 608 g/mol. The molecule has 12 heteroatoms. The average Bonchev–Trinajstić information content (AvgIpc) is 3.72. The number of halogens is 4. The Kier molecular flexibility index (Phi) is 8.41. The van der Waals surface area contributed by atoms with Crippen molar-refractivity contribution in [3.8, 4) is 17.6 Å². The first-order chi connectivity index (χ1) is 19.5. The molecule has 1 aromatic heterocycles. The van der Waals surface area contributed by atoms with Gasteiger partial charge in [-0.3, -0.25) is 0 Å². The van der Waals surface area contributed by atoms with Gasteiger partial charge in [-0.25, -0.2) is 13.4 Å². The van der Waals surface area contributed by atoms with Crippen LogP contribution in [0.5, 0.6) is 5.75 Å². The van der Waals surface area contributed by atoms with Gasteiger partial charge in [-0.05, 0) is 61.5 Å². The van der Waals surface area contributed by atoms with Crippen LogP contribution in [0.2, 0.25) is 0 Å². The lowest BCUT2D eigenvalue weighted by molar-refractivity contribution is -0.126. The van der Waals surface area contributed by atoms with Gasteiger partial charge in [0.2, 0.25) is 0 Å². The Hall–Kier alpha value is -3.01. The van der Waals surface area contributed by atoms with Crippen molar-refractivity contribution < 1.29 is 26.5 Å². The second kappa shape index (κ2) is 11.7. The van der Waals surface area contributed by atoms with Crippen LogP contribution in [0.15, 0.2) is 41.3 Å². The van der Waals surface area contributed by atoms with Gasteiger partial charge in [-0.2, -0.15) is 13.2 Å². The Bertz CT molecular complexity index is 1590. The van der Waals surface area contributed by atoms with E-state index in [1.165, 1.54) is 18.4 Å². The Morgan fingerprint density at radius 2 is 1.98 bits per heavy atom. The summed E-state index contributed by atoms with van der Waals surface area (Å²) in [5.41, 5.74) is 1.30. The van der Waals surface area contributed by atoms with Crippen molar-refractivity contribution in [1.82, 2.24) is 4.90 Å². The van der Waals surface area contributed by atoms with Gasteiger partial charge in [0.1, 0.15) is 11.9 Å².